The molecule has 6 heteroatoms. The third-order valence-corrected chi connectivity index (χ3v) is 4.12. The second kappa shape index (κ2) is 7.45. The van der Waals surface area contributed by atoms with E-state index in [1.54, 1.807) is 4.90 Å². The number of hydrogen-bond donors (Lipinski definition) is 2. The lowest BCUT2D eigenvalue weighted by Gasteiger charge is -2.37. The first-order valence-electron chi connectivity index (χ1n) is 7.99. The topological polar surface area (TPSA) is 58.8 Å². The number of carbonyl (C=O) groups is 1. The number of benzene rings is 1. The minimum Gasteiger partial charge on any atom is -0.444 e. The van der Waals surface area contributed by atoms with Crippen molar-refractivity contribution in [2.24, 2.45) is 5.73 Å². The highest BCUT2D eigenvalue weighted by molar-refractivity contribution is 7.79. The lowest BCUT2D eigenvalue weighted by molar-refractivity contribution is 0.0240. The molecule has 1 heterocycles. The van der Waals surface area contributed by atoms with Crippen LogP contribution < -0.4 is 10.6 Å². The van der Waals surface area contributed by atoms with Crippen LogP contribution in [0.5, 0.6) is 0 Å². The van der Waals surface area contributed by atoms with Crippen LogP contribution in [0.4, 0.5) is 10.5 Å². The van der Waals surface area contributed by atoms with E-state index in [4.69, 9.17) is 10.5 Å². The van der Waals surface area contributed by atoms with Crippen molar-refractivity contribution >= 4 is 24.4 Å². The maximum atomic E-state index is 12.1. The molecule has 1 amide bonds. The van der Waals surface area contributed by atoms with E-state index in [1.807, 2.05) is 20.8 Å². The van der Waals surface area contributed by atoms with Gasteiger partial charge in [0, 0.05) is 44.2 Å². The van der Waals surface area contributed by atoms with Crippen LogP contribution >= 0.6 is 12.6 Å². The maximum absolute atomic E-state index is 12.1. The normalized spacial score (nSPS) is 15.7. The predicted molar refractivity (Wildman–Crippen MR) is 97.0 cm³/mol. The van der Waals surface area contributed by atoms with Gasteiger partial charge in [0.2, 0.25) is 0 Å². The molecule has 1 fully saturated rings. The number of rotatable bonds is 3. The summed E-state index contributed by atoms with van der Waals surface area (Å²) in [5.41, 5.74) is 8.76. The van der Waals surface area contributed by atoms with Crippen LogP contribution in [0.1, 0.15) is 31.9 Å². The molecule has 0 spiro atoms. The van der Waals surface area contributed by atoms with Crippen LogP contribution in [0, 0.1) is 0 Å². The zero-order valence-electron chi connectivity index (χ0n) is 14.2. The van der Waals surface area contributed by atoms with Gasteiger partial charge >= 0.3 is 6.09 Å². The van der Waals surface area contributed by atoms with Gasteiger partial charge in [0.15, 0.2) is 0 Å². The fraction of sp³-hybridized carbons (Fsp3) is 0.588. The van der Waals surface area contributed by atoms with Gasteiger partial charge in [-0.05, 0) is 44.0 Å². The van der Waals surface area contributed by atoms with Crippen molar-refractivity contribution in [1.29, 1.82) is 0 Å². The van der Waals surface area contributed by atoms with E-state index in [2.05, 4.69) is 35.7 Å². The monoisotopic (exact) mass is 337 g/mol. The van der Waals surface area contributed by atoms with Gasteiger partial charge in [-0.15, -0.1) is 0 Å². The van der Waals surface area contributed by atoms with Crippen LogP contribution in [0.25, 0.3) is 0 Å². The van der Waals surface area contributed by atoms with Gasteiger partial charge in [-0.25, -0.2) is 4.79 Å². The fourth-order valence-corrected chi connectivity index (χ4v) is 2.79. The smallest absolute Gasteiger partial charge is 0.410 e. The third-order valence-electron chi connectivity index (χ3n) is 3.75. The number of thiol groups is 1. The molecule has 0 aromatic heterocycles. The van der Waals surface area contributed by atoms with Crippen molar-refractivity contribution in [2.75, 3.05) is 31.1 Å². The number of amides is 1. The van der Waals surface area contributed by atoms with E-state index in [-0.39, 0.29) is 6.09 Å². The van der Waals surface area contributed by atoms with Gasteiger partial charge in [-0.1, -0.05) is 6.07 Å². The number of nitrogens with zero attached hydrogens (tertiary/aromatic N) is 2. The van der Waals surface area contributed by atoms with Gasteiger partial charge < -0.3 is 20.3 Å². The van der Waals surface area contributed by atoms with E-state index in [0.29, 0.717) is 25.4 Å². The SMILES string of the molecule is CC(C)(C)OC(=O)N1CCN(c2cc(CN)cc(CS)c2)CC1. The molecule has 0 radical (unpaired) electrons. The summed E-state index contributed by atoms with van der Waals surface area (Å²) in [4.78, 5) is 16.2. The number of carbonyl (C=O) groups excluding carboxylic acids is 1. The minimum absolute atomic E-state index is 0.232. The van der Waals surface area contributed by atoms with Crippen LogP contribution in [0.2, 0.25) is 0 Å². The largest absolute Gasteiger partial charge is 0.444 e. The first-order chi connectivity index (χ1) is 10.8. The molecule has 1 saturated heterocycles. The summed E-state index contributed by atoms with van der Waals surface area (Å²) in [5.74, 6) is 0.693. The number of piperazine rings is 1. The molecule has 0 bridgehead atoms. The van der Waals surface area contributed by atoms with Crippen molar-refractivity contribution in [3.8, 4) is 0 Å². The Balaban J connectivity index is 2.00. The van der Waals surface area contributed by atoms with Crippen molar-refractivity contribution < 1.29 is 9.53 Å². The molecule has 128 valence electrons. The van der Waals surface area contributed by atoms with Gasteiger partial charge in [0.25, 0.3) is 0 Å². The summed E-state index contributed by atoms with van der Waals surface area (Å²) in [7, 11) is 0. The highest BCUT2D eigenvalue weighted by Gasteiger charge is 2.26. The predicted octanol–water partition coefficient (Wildman–Crippen LogP) is 2.63. The molecule has 1 aliphatic heterocycles. The second-order valence-corrected chi connectivity index (χ2v) is 7.14. The number of hydrogen-bond acceptors (Lipinski definition) is 5. The molecular formula is C17H27N3O2S. The highest BCUT2D eigenvalue weighted by Crippen LogP contribution is 2.22. The minimum atomic E-state index is -0.453. The Morgan fingerprint density at radius 1 is 1.17 bits per heavy atom. The Labute approximate surface area is 144 Å². The van der Waals surface area contributed by atoms with E-state index < -0.39 is 5.60 Å². The summed E-state index contributed by atoms with van der Waals surface area (Å²) in [6.45, 7) is 9.09. The summed E-state index contributed by atoms with van der Waals surface area (Å²) in [6, 6.07) is 6.36. The van der Waals surface area contributed by atoms with E-state index in [9.17, 15) is 4.79 Å². The molecule has 1 aromatic rings. The standard InChI is InChI=1S/C17H27N3O2S/c1-17(2,3)22-16(21)20-6-4-19(5-7-20)15-9-13(11-18)8-14(10-15)12-23/h8-10,23H,4-7,11-12,18H2,1-3H3. The molecular weight excluding hydrogens is 310 g/mol. The Kier molecular flexibility index (Phi) is 5.81. The van der Waals surface area contributed by atoms with E-state index in [1.165, 1.54) is 5.56 Å². The molecule has 1 aliphatic rings. The zero-order valence-corrected chi connectivity index (χ0v) is 15.1. The first kappa shape index (κ1) is 17.9. The maximum Gasteiger partial charge on any atom is 0.410 e. The van der Waals surface area contributed by atoms with Crippen LogP contribution in [0.3, 0.4) is 0 Å². The van der Waals surface area contributed by atoms with Gasteiger partial charge in [-0.2, -0.15) is 12.6 Å². The van der Waals surface area contributed by atoms with Gasteiger partial charge in [0.05, 0.1) is 0 Å². The molecule has 23 heavy (non-hydrogen) atoms. The van der Waals surface area contributed by atoms with Crippen LogP contribution in [0.15, 0.2) is 18.2 Å². The van der Waals surface area contributed by atoms with Gasteiger partial charge in [-0.3, -0.25) is 0 Å². The van der Waals surface area contributed by atoms with Crippen LogP contribution in [-0.4, -0.2) is 42.8 Å². The van der Waals surface area contributed by atoms with Gasteiger partial charge in [0.1, 0.15) is 5.60 Å². The molecule has 0 aliphatic carbocycles. The molecule has 2 rings (SSSR count). The zero-order chi connectivity index (χ0) is 17.0. The van der Waals surface area contributed by atoms with E-state index in [0.717, 1.165) is 24.3 Å². The van der Waals surface area contributed by atoms with Crippen LogP contribution in [-0.2, 0) is 17.0 Å². The first-order valence-corrected chi connectivity index (χ1v) is 8.62. The summed E-state index contributed by atoms with van der Waals surface area (Å²) in [5, 5.41) is 0. The van der Waals surface area contributed by atoms with Crippen molar-refractivity contribution in [2.45, 2.75) is 38.7 Å². The number of anilines is 1. The lowest BCUT2D eigenvalue weighted by atomic mass is 10.1. The number of nitrogens with two attached hydrogens (primary N) is 1. The van der Waals surface area contributed by atoms with E-state index >= 15 is 0 Å². The molecule has 2 N–H and O–H groups in total. The fourth-order valence-electron chi connectivity index (χ4n) is 2.61. The third kappa shape index (κ3) is 5.04. The highest BCUT2D eigenvalue weighted by atomic mass is 32.1. The van der Waals surface area contributed by atoms with Crippen molar-refractivity contribution in [3.63, 3.8) is 0 Å². The average molecular weight is 337 g/mol. The summed E-state index contributed by atoms with van der Waals surface area (Å²) in [6.07, 6.45) is -0.232. The Bertz CT molecular complexity index is 527. The summed E-state index contributed by atoms with van der Waals surface area (Å²) >= 11 is 4.36. The molecule has 0 saturated carbocycles. The Morgan fingerprint density at radius 2 is 1.78 bits per heavy atom. The lowest BCUT2D eigenvalue weighted by Crippen LogP contribution is -2.50. The van der Waals surface area contributed by atoms with Crippen molar-refractivity contribution in [1.82, 2.24) is 4.90 Å². The second-order valence-electron chi connectivity index (χ2n) is 6.82. The quantitative estimate of drug-likeness (QED) is 0.833. The molecule has 5 nitrogen and oxygen atoms in total. The Hall–Kier alpha value is -1.40. The molecule has 1 aromatic carbocycles. The Morgan fingerprint density at radius 3 is 2.30 bits per heavy atom. The summed E-state index contributed by atoms with van der Waals surface area (Å²) < 4.78 is 5.43. The molecule has 0 atom stereocenters. The average Bonchev–Trinajstić information content (AvgIpc) is 2.52. The molecule has 0 unspecified atom stereocenters. The number of ether oxygens (including phenoxy) is 1. The van der Waals surface area contributed by atoms with Crippen molar-refractivity contribution in [3.05, 3.63) is 29.3 Å².